The van der Waals surface area contributed by atoms with Crippen LogP contribution in [0.1, 0.15) is 27.7 Å². The Bertz CT molecular complexity index is 645. The third-order valence-electron chi connectivity index (χ3n) is 3.50. The summed E-state index contributed by atoms with van der Waals surface area (Å²) in [5.74, 6) is -0.944. The summed E-state index contributed by atoms with van der Waals surface area (Å²) in [6.07, 6.45) is 0. The quantitative estimate of drug-likeness (QED) is 0.595. The van der Waals surface area contributed by atoms with Crippen LogP contribution < -0.4 is 10.5 Å². The zero-order valence-corrected chi connectivity index (χ0v) is 15.5. The van der Waals surface area contributed by atoms with Gasteiger partial charge in [0.15, 0.2) is 5.82 Å². The molecule has 3 N–H and O–H groups in total. The van der Waals surface area contributed by atoms with Crippen LogP contribution in [0, 0.1) is 17.2 Å². The normalized spacial score (nSPS) is 14.2. The van der Waals surface area contributed by atoms with Gasteiger partial charge in [-0.25, -0.2) is 17.5 Å². The van der Waals surface area contributed by atoms with E-state index in [1.807, 2.05) is 27.7 Å². The van der Waals surface area contributed by atoms with Crippen LogP contribution in [0.5, 0.6) is 0 Å². The lowest BCUT2D eigenvalue weighted by Gasteiger charge is -2.27. The van der Waals surface area contributed by atoms with E-state index in [0.717, 1.165) is 6.07 Å². The molecule has 120 valence electrons. The standard InChI is InChI=1S/C13H19BrClFN2O2S/c1-7(13(2,3)4)6-18-21(19,20)9-5-8(15)10(14)12(17)11(9)16/h5,7,18H,6,17H2,1-4H3. The second-order valence-corrected chi connectivity index (χ2v) is 8.95. The second kappa shape index (κ2) is 6.40. The molecule has 0 amide bonds. The minimum atomic E-state index is -4.02. The molecule has 0 fully saturated rings. The largest absolute Gasteiger partial charge is 0.395 e. The molecular formula is C13H19BrClFN2O2S. The van der Waals surface area contributed by atoms with Crippen molar-refractivity contribution in [2.45, 2.75) is 32.6 Å². The van der Waals surface area contributed by atoms with E-state index < -0.39 is 20.7 Å². The predicted octanol–water partition coefficient (Wildman–Crippen LogP) is 3.78. The molecule has 1 aromatic rings. The summed E-state index contributed by atoms with van der Waals surface area (Å²) in [5.41, 5.74) is 5.11. The van der Waals surface area contributed by atoms with Crippen LogP contribution in [0.15, 0.2) is 15.4 Å². The summed E-state index contributed by atoms with van der Waals surface area (Å²) in [5, 5.41) is 0.0399. The molecule has 1 aromatic carbocycles. The molecule has 8 heteroatoms. The van der Waals surface area contributed by atoms with E-state index in [0.29, 0.717) is 0 Å². The summed E-state index contributed by atoms with van der Waals surface area (Å²) in [6.45, 7) is 8.11. The minimum absolute atomic E-state index is 0.0399. The van der Waals surface area contributed by atoms with Crippen molar-refractivity contribution in [2.24, 2.45) is 11.3 Å². The van der Waals surface area contributed by atoms with E-state index in [1.54, 1.807) is 0 Å². The molecule has 0 radical (unpaired) electrons. The number of sulfonamides is 1. The van der Waals surface area contributed by atoms with Gasteiger partial charge in [0.05, 0.1) is 15.2 Å². The molecule has 1 rings (SSSR count). The van der Waals surface area contributed by atoms with Crippen LogP contribution in [0.3, 0.4) is 0 Å². The molecule has 0 saturated heterocycles. The van der Waals surface area contributed by atoms with Crippen molar-refractivity contribution in [3.63, 3.8) is 0 Å². The monoisotopic (exact) mass is 400 g/mol. The molecule has 1 unspecified atom stereocenters. The first-order valence-electron chi connectivity index (χ1n) is 6.30. The van der Waals surface area contributed by atoms with Gasteiger partial charge >= 0.3 is 0 Å². The van der Waals surface area contributed by atoms with E-state index in [2.05, 4.69) is 20.7 Å². The fraction of sp³-hybridized carbons (Fsp3) is 0.538. The SMILES string of the molecule is CC(CNS(=O)(=O)c1cc(Cl)c(Br)c(N)c1F)C(C)(C)C. The van der Waals surface area contributed by atoms with Crippen LogP contribution in [-0.2, 0) is 10.0 Å². The number of nitrogen functional groups attached to an aromatic ring is 1. The summed E-state index contributed by atoms with van der Waals surface area (Å²) >= 11 is 8.85. The van der Waals surface area contributed by atoms with Crippen molar-refractivity contribution in [3.8, 4) is 0 Å². The number of anilines is 1. The molecule has 0 aromatic heterocycles. The van der Waals surface area contributed by atoms with Crippen LogP contribution in [-0.4, -0.2) is 15.0 Å². The molecule has 0 aliphatic rings. The highest BCUT2D eigenvalue weighted by molar-refractivity contribution is 9.10. The number of benzene rings is 1. The van der Waals surface area contributed by atoms with Crippen LogP contribution in [0.2, 0.25) is 5.02 Å². The number of nitrogens with two attached hydrogens (primary N) is 1. The lowest BCUT2D eigenvalue weighted by Crippen LogP contribution is -2.34. The average molecular weight is 402 g/mol. The van der Waals surface area contributed by atoms with Crippen molar-refractivity contribution in [2.75, 3.05) is 12.3 Å². The molecule has 0 aliphatic carbocycles. The van der Waals surface area contributed by atoms with Gasteiger partial charge in [-0.05, 0) is 33.3 Å². The van der Waals surface area contributed by atoms with Crippen molar-refractivity contribution >= 4 is 43.2 Å². The molecular weight excluding hydrogens is 383 g/mol. The Morgan fingerprint density at radius 1 is 1.48 bits per heavy atom. The molecule has 1 atom stereocenters. The lowest BCUT2D eigenvalue weighted by molar-refractivity contribution is 0.263. The first kappa shape index (κ1) is 18.7. The van der Waals surface area contributed by atoms with Gasteiger partial charge < -0.3 is 5.73 Å². The predicted molar refractivity (Wildman–Crippen MR) is 87.3 cm³/mol. The first-order valence-corrected chi connectivity index (χ1v) is 8.96. The lowest BCUT2D eigenvalue weighted by atomic mass is 9.82. The van der Waals surface area contributed by atoms with Gasteiger partial charge in [-0.2, -0.15) is 0 Å². The maximum Gasteiger partial charge on any atom is 0.243 e. The molecule has 4 nitrogen and oxygen atoms in total. The van der Waals surface area contributed by atoms with E-state index in [9.17, 15) is 12.8 Å². The van der Waals surface area contributed by atoms with Crippen LogP contribution >= 0.6 is 27.5 Å². The Labute approximate surface area is 138 Å². The average Bonchev–Trinajstić information content (AvgIpc) is 2.36. The fourth-order valence-corrected chi connectivity index (χ4v) is 3.22. The van der Waals surface area contributed by atoms with Gasteiger partial charge in [-0.15, -0.1) is 0 Å². The fourth-order valence-electron chi connectivity index (χ4n) is 1.41. The number of halogens is 3. The van der Waals surface area contributed by atoms with Gasteiger partial charge in [0.2, 0.25) is 10.0 Å². The third kappa shape index (κ3) is 4.31. The first-order chi connectivity index (χ1) is 9.38. The minimum Gasteiger partial charge on any atom is -0.395 e. The number of nitrogens with one attached hydrogen (secondary N) is 1. The summed E-state index contributed by atoms with van der Waals surface area (Å²) in [4.78, 5) is -0.547. The Hall–Kier alpha value is -0.370. The summed E-state index contributed by atoms with van der Waals surface area (Å²) in [6, 6.07) is 1.04. The van der Waals surface area contributed by atoms with Gasteiger partial charge in [0, 0.05) is 6.54 Å². The molecule has 0 heterocycles. The zero-order valence-electron chi connectivity index (χ0n) is 12.3. The zero-order chi connectivity index (χ0) is 16.6. The summed E-state index contributed by atoms with van der Waals surface area (Å²) in [7, 11) is -4.02. The van der Waals surface area contributed by atoms with Crippen molar-refractivity contribution in [1.29, 1.82) is 0 Å². The molecule has 21 heavy (non-hydrogen) atoms. The van der Waals surface area contributed by atoms with Gasteiger partial charge in [-0.3, -0.25) is 0 Å². The van der Waals surface area contributed by atoms with Crippen LogP contribution in [0.25, 0.3) is 0 Å². The maximum absolute atomic E-state index is 14.1. The number of hydrogen-bond acceptors (Lipinski definition) is 3. The Morgan fingerprint density at radius 3 is 2.48 bits per heavy atom. The highest BCUT2D eigenvalue weighted by atomic mass is 79.9. The van der Waals surface area contributed by atoms with E-state index in [1.165, 1.54) is 0 Å². The highest BCUT2D eigenvalue weighted by Gasteiger charge is 2.26. The Kier molecular flexibility index (Phi) is 5.69. The summed E-state index contributed by atoms with van der Waals surface area (Å²) < 4.78 is 41.0. The topological polar surface area (TPSA) is 72.2 Å². The number of rotatable bonds is 4. The van der Waals surface area contributed by atoms with Gasteiger partial charge in [-0.1, -0.05) is 39.3 Å². The van der Waals surface area contributed by atoms with Crippen molar-refractivity contribution in [1.82, 2.24) is 4.72 Å². The van der Waals surface area contributed by atoms with Gasteiger partial charge in [0.1, 0.15) is 4.90 Å². The molecule has 0 bridgehead atoms. The second-order valence-electron chi connectivity index (χ2n) is 6.02. The Morgan fingerprint density at radius 2 is 2.00 bits per heavy atom. The maximum atomic E-state index is 14.1. The van der Waals surface area contributed by atoms with Gasteiger partial charge in [0.25, 0.3) is 0 Å². The molecule has 0 saturated carbocycles. The highest BCUT2D eigenvalue weighted by Crippen LogP contribution is 2.34. The number of hydrogen-bond donors (Lipinski definition) is 2. The van der Waals surface area contributed by atoms with Crippen molar-refractivity contribution in [3.05, 3.63) is 21.4 Å². The Balaban J connectivity index is 3.10. The van der Waals surface area contributed by atoms with Crippen molar-refractivity contribution < 1.29 is 12.8 Å². The molecule has 0 aliphatic heterocycles. The van der Waals surface area contributed by atoms with E-state index in [-0.39, 0.29) is 33.1 Å². The third-order valence-corrected chi connectivity index (χ3v) is 6.31. The van der Waals surface area contributed by atoms with Crippen LogP contribution in [0.4, 0.5) is 10.1 Å². The van der Waals surface area contributed by atoms with E-state index in [4.69, 9.17) is 17.3 Å². The molecule has 0 spiro atoms. The smallest absolute Gasteiger partial charge is 0.243 e. The van der Waals surface area contributed by atoms with E-state index >= 15 is 0 Å².